The van der Waals surface area contributed by atoms with Crippen LogP contribution >= 0.6 is 12.6 Å². The quantitative estimate of drug-likeness (QED) is 0.286. The van der Waals surface area contributed by atoms with E-state index < -0.39 is 28.5 Å². The van der Waals surface area contributed by atoms with Gasteiger partial charge in [-0.3, -0.25) is 14.4 Å². The summed E-state index contributed by atoms with van der Waals surface area (Å²) in [6, 6.07) is 27.0. The number of amides is 3. The predicted octanol–water partition coefficient (Wildman–Crippen LogP) is 4.07. The molecule has 3 rings (SSSR count). The summed E-state index contributed by atoms with van der Waals surface area (Å²) < 4.78 is 0. The van der Waals surface area contributed by atoms with E-state index in [2.05, 4.69) is 28.6 Å². The van der Waals surface area contributed by atoms with Gasteiger partial charge in [-0.1, -0.05) is 73.7 Å². The Kier molecular flexibility index (Phi) is 8.27. The average molecular weight is 462 g/mol. The molecule has 1 atom stereocenters. The van der Waals surface area contributed by atoms with Gasteiger partial charge in [0.1, 0.15) is 0 Å². The maximum absolute atomic E-state index is 13.4. The van der Waals surface area contributed by atoms with Crippen LogP contribution in [-0.2, 0) is 20.8 Å². The van der Waals surface area contributed by atoms with Crippen LogP contribution in [0.25, 0.3) is 0 Å². The van der Waals surface area contributed by atoms with E-state index in [1.165, 1.54) is 0 Å². The summed E-state index contributed by atoms with van der Waals surface area (Å²) in [5, 5.41) is 7.47. The molecule has 0 aliphatic heterocycles. The number of hydrogen-bond acceptors (Lipinski definition) is 4. The number of hydrogen-bond donors (Lipinski definition) is 4. The second-order valence-corrected chi connectivity index (χ2v) is 8.22. The summed E-state index contributed by atoms with van der Waals surface area (Å²) in [5.74, 6) is -1.76. The van der Waals surface area contributed by atoms with Crippen LogP contribution in [0, 0.1) is 0 Å². The van der Waals surface area contributed by atoms with Crippen molar-refractivity contribution in [2.45, 2.75) is 30.6 Å². The molecule has 0 fully saturated rings. The first-order valence-electron chi connectivity index (χ1n) is 10.7. The van der Waals surface area contributed by atoms with Gasteiger partial charge in [-0.2, -0.15) is 12.6 Å². The van der Waals surface area contributed by atoms with E-state index >= 15 is 0 Å². The number of para-hydroxylation sites is 2. The van der Waals surface area contributed by atoms with Crippen molar-refractivity contribution in [3.8, 4) is 0 Å². The van der Waals surface area contributed by atoms with Crippen LogP contribution in [0.4, 0.5) is 11.4 Å². The van der Waals surface area contributed by atoms with Gasteiger partial charge in [-0.25, -0.2) is 0 Å². The highest BCUT2D eigenvalue weighted by Crippen LogP contribution is 2.20. The van der Waals surface area contributed by atoms with Crippen molar-refractivity contribution >= 4 is 41.7 Å². The van der Waals surface area contributed by atoms with Gasteiger partial charge in [0, 0.05) is 11.4 Å². The molecule has 3 aromatic rings. The molecule has 6 nitrogen and oxygen atoms in total. The predicted molar refractivity (Wildman–Crippen MR) is 134 cm³/mol. The molecule has 0 saturated carbocycles. The smallest absolute Gasteiger partial charge is 0.259 e. The summed E-state index contributed by atoms with van der Waals surface area (Å²) >= 11 is 4.45. The van der Waals surface area contributed by atoms with E-state index in [1.807, 2.05) is 42.5 Å². The van der Waals surface area contributed by atoms with Crippen LogP contribution in [0.1, 0.15) is 18.9 Å². The molecule has 170 valence electrons. The lowest BCUT2D eigenvalue weighted by Crippen LogP contribution is -2.64. The second-order valence-electron chi connectivity index (χ2n) is 7.59. The number of thiol groups is 1. The van der Waals surface area contributed by atoms with E-state index in [-0.39, 0.29) is 6.42 Å². The average Bonchev–Trinajstić information content (AvgIpc) is 2.84. The zero-order valence-corrected chi connectivity index (χ0v) is 19.2. The minimum Gasteiger partial charge on any atom is -0.333 e. The number of benzene rings is 3. The number of carbonyl (C=O) groups excluding carboxylic acids is 3. The summed E-state index contributed by atoms with van der Waals surface area (Å²) in [6.45, 7) is 1.68. The van der Waals surface area contributed by atoms with Gasteiger partial charge in [-0.05, 0) is 42.7 Å². The molecule has 3 amide bonds. The maximum atomic E-state index is 13.4. The van der Waals surface area contributed by atoms with E-state index in [4.69, 9.17) is 0 Å². The van der Waals surface area contributed by atoms with Crippen molar-refractivity contribution in [3.63, 3.8) is 0 Å². The Hall–Kier alpha value is -3.58. The molecule has 3 aromatic carbocycles. The Morgan fingerprint density at radius 1 is 0.758 bits per heavy atom. The molecule has 0 bridgehead atoms. The van der Waals surface area contributed by atoms with Gasteiger partial charge >= 0.3 is 0 Å². The minimum atomic E-state index is -1.83. The highest BCUT2D eigenvalue weighted by molar-refractivity contribution is 7.81. The van der Waals surface area contributed by atoms with Crippen LogP contribution in [-0.4, -0.2) is 28.5 Å². The molecule has 0 aliphatic rings. The normalized spacial score (nSPS) is 11.8. The second kappa shape index (κ2) is 11.3. The van der Waals surface area contributed by atoms with Crippen molar-refractivity contribution in [2.24, 2.45) is 0 Å². The monoisotopic (exact) mass is 461 g/mol. The Labute approximate surface area is 199 Å². The lowest BCUT2D eigenvalue weighted by molar-refractivity contribution is -0.138. The zero-order chi connectivity index (χ0) is 23.7. The van der Waals surface area contributed by atoms with Crippen molar-refractivity contribution in [1.29, 1.82) is 0 Å². The molecular formula is C26H27N3O3S. The molecule has 0 saturated heterocycles. The number of nitrogens with one attached hydrogen (secondary N) is 3. The molecule has 0 heterocycles. The van der Waals surface area contributed by atoms with Crippen molar-refractivity contribution in [2.75, 3.05) is 10.6 Å². The topological polar surface area (TPSA) is 87.3 Å². The third kappa shape index (κ3) is 6.23. The van der Waals surface area contributed by atoms with Crippen LogP contribution in [0.2, 0.25) is 0 Å². The lowest BCUT2D eigenvalue weighted by Gasteiger charge is -2.32. The summed E-state index contributed by atoms with van der Waals surface area (Å²) in [4.78, 5) is 39.9. The van der Waals surface area contributed by atoms with E-state index in [1.54, 1.807) is 55.5 Å². The Morgan fingerprint density at radius 2 is 1.18 bits per heavy atom. The van der Waals surface area contributed by atoms with Crippen LogP contribution < -0.4 is 16.0 Å². The fraction of sp³-hybridized carbons (Fsp3) is 0.192. The fourth-order valence-electron chi connectivity index (χ4n) is 3.37. The summed E-state index contributed by atoms with van der Waals surface area (Å²) in [7, 11) is 0. The van der Waals surface area contributed by atoms with Crippen molar-refractivity contribution in [3.05, 3.63) is 96.6 Å². The van der Waals surface area contributed by atoms with Crippen LogP contribution in [0.15, 0.2) is 91.0 Å². The summed E-state index contributed by atoms with van der Waals surface area (Å²) in [6.07, 6.45) is 0.401. The first kappa shape index (κ1) is 24.1. The highest BCUT2D eigenvalue weighted by Gasteiger charge is 2.46. The summed E-state index contributed by atoms with van der Waals surface area (Å²) in [5.41, 5.74) is 0.139. The third-order valence-corrected chi connectivity index (χ3v) is 5.70. The van der Waals surface area contributed by atoms with Crippen LogP contribution in [0.3, 0.4) is 0 Å². The molecule has 3 N–H and O–H groups in total. The van der Waals surface area contributed by atoms with Crippen molar-refractivity contribution in [1.82, 2.24) is 5.32 Å². The SMILES string of the molecule is CCC(NC(=O)[C@@H](S)Cc1ccccc1)(C(=O)Nc1ccccc1)C(=O)Nc1ccccc1. The number of anilines is 2. The maximum Gasteiger partial charge on any atom is 0.259 e. The first-order valence-corrected chi connectivity index (χ1v) is 11.2. The molecule has 0 aromatic heterocycles. The standard InChI is InChI=1S/C26H27N3O3S/c1-2-26(24(31)27-20-14-8-4-9-15-20,25(32)28-21-16-10-5-11-17-21)29-23(30)22(33)18-19-12-6-3-7-13-19/h3-17,22,33H,2,18H2,1H3,(H,27,31)(H,28,32)(H,29,30)/t22-/m0/s1. The molecule has 33 heavy (non-hydrogen) atoms. The highest BCUT2D eigenvalue weighted by atomic mass is 32.1. The Balaban J connectivity index is 1.86. The zero-order valence-electron chi connectivity index (χ0n) is 18.3. The van der Waals surface area contributed by atoms with Gasteiger partial charge in [0.2, 0.25) is 5.91 Å². The first-order chi connectivity index (χ1) is 15.9. The van der Waals surface area contributed by atoms with Gasteiger partial charge in [0.15, 0.2) is 5.54 Å². The number of carbonyl (C=O) groups is 3. The molecule has 0 spiro atoms. The van der Waals surface area contributed by atoms with Crippen LogP contribution in [0.5, 0.6) is 0 Å². The lowest BCUT2D eigenvalue weighted by atomic mass is 9.92. The molecule has 0 unspecified atom stereocenters. The van der Waals surface area contributed by atoms with E-state index in [0.29, 0.717) is 17.8 Å². The van der Waals surface area contributed by atoms with E-state index in [0.717, 1.165) is 5.56 Å². The largest absolute Gasteiger partial charge is 0.333 e. The Bertz CT molecular complexity index is 1020. The van der Waals surface area contributed by atoms with E-state index in [9.17, 15) is 14.4 Å². The fourth-order valence-corrected chi connectivity index (χ4v) is 3.64. The Morgan fingerprint density at radius 3 is 1.61 bits per heavy atom. The molecular weight excluding hydrogens is 434 g/mol. The number of rotatable bonds is 9. The van der Waals surface area contributed by atoms with Gasteiger partial charge in [-0.15, -0.1) is 0 Å². The van der Waals surface area contributed by atoms with Gasteiger partial charge < -0.3 is 16.0 Å². The van der Waals surface area contributed by atoms with Gasteiger partial charge in [0.25, 0.3) is 11.8 Å². The minimum absolute atomic E-state index is 0.0436. The third-order valence-electron chi connectivity index (χ3n) is 5.28. The van der Waals surface area contributed by atoms with Gasteiger partial charge in [0.05, 0.1) is 5.25 Å². The van der Waals surface area contributed by atoms with Crippen molar-refractivity contribution < 1.29 is 14.4 Å². The molecule has 0 radical (unpaired) electrons. The molecule has 0 aliphatic carbocycles. The molecule has 7 heteroatoms.